The molecule has 2 amide bonds. The highest BCUT2D eigenvalue weighted by molar-refractivity contribution is 5.94. The first-order chi connectivity index (χ1) is 23.9. The van der Waals surface area contributed by atoms with Crippen LogP contribution in [-0.2, 0) is 27.4 Å². The van der Waals surface area contributed by atoms with Crippen molar-refractivity contribution in [3.63, 3.8) is 0 Å². The van der Waals surface area contributed by atoms with E-state index < -0.39 is 11.8 Å². The Morgan fingerprint density at radius 3 is 2.35 bits per heavy atom. The molecular weight excluding hydrogens is 618 g/mol. The molecule has 3 aromatic carbocycles. The highest BCUT2D eigenvalue weighted by Crippen LogP contribution is 2.43. The van der Waals surface area contributed by atoms with Crippen LogP contribution in [-0.4, -0.2) is 64.8 Å². The van der Waals surface area contributed by atoms with Crippen LogP contribution in [0.25, 0.3) is 0 Å². The van der Waals surface area contributed by atoms with Gasteiger partial charge in [-0.15, -0.1) is 0 Å². The van der Waals surface area contributed by atoms with E-state index in [0.29, 0.717) is 25.3 Å². The minimum atomic E-state index is -0.590. The number of hydrogen-bond acceptors (Lipinski definition) is 8. The molecule has 4 aromatic rings. The van der Waals surface area contributed by atoms with Crippen molar-refractivity contribution in [2.75, 3.05) is 31.2 Å². The van der Waals surface area contributed by atoms with E-state index in [1.807, 2.05) is 66.7 Å². The highest BCUT2D eigenvalue weighted by Gasteiger charge is 2.51. The Morgan fingerprint density at radius 2 is 1.65 bits per heavy atom. The maximum absolute atomic E-state index is 13.2. The molecule has 3 fully saturated rings. The van der Waals surface area contributed by atoms with Gasteiger partial charge < -0.3 is 35.0 Å². The standard InChI is InChI=1S/C39H43N5O5/c1-27-34(24-43-20-17-39(18-21-43)38(47)42-26-44(39)33-7-3-2-4-8-33)48-37(49-35(27)30-13-11-29(25-45)12-14-30)31-15-9-28(10-16-31)22-41-36(46)32-6-5-19-40-23-32/h2-16,19,23,27,34-35,37,45H,17-18,20-22,24-26H2,1H3,(H,41,46)(H,42,47)/t27-,34+,35+,37+/m0/s1. The lowest BCUT2D eigenvalue weighted by Crippen LogP contribution is -2.57. The fraction of sp³-hybridized carbons (Fsp3) is 0.359. The summed E-state index contributed by atoms with van der Waals surface area (Å²) in [6, 6.07) is 29.6. The molecule has 0 saturated carbocycles. The predicted molar refractivity (Wildman–Crippen MR) is 185 cm³/mol. The van der Waals surface area contributed by atoms with Crippen molar-refractivity contribution in [1.82, 2.24) is 20.5 Å². The molecule has 1 spiro atoms. The van der Waals surface area contributed by atoms with Gasteiger partial charge >= 0.3 is 0 Å². The summed E-state index contributed by atoms with van der Waals surface area (Å²) >= 11 is 0. The van der Waals surface area contributed by atoms with Crippen LogP contribution in [0.3, 0.4) is 0 Å². The molecular formula is C39H43N5O5. The van der Waals surface area contributed by atoms with Gasteiger partial charge in [0.15, 0.2) is 6.29 Å². The third kappa shape index (κ3) is 6.95. The Kier molecular flexibility index (Phi) is 9.72. The van der Waals surface area contributed by atoms with Crippen molar-refractivity contribution >= 4 is 17.5 Å². The van der Waals surface area contributed by atoms with Gasteiger partial charge in [-0.05, 0) is 53.8 Å². The molecule has 0 radical (unpaired) electrons. The number of rotatable bonds is 9. The van der Waals surface area contributed by atoms with Crippen LogP contribution in [0.4, 0.5) is 5.69 Å². The van der Waals surface area contributed by atoms with Crippen molar-refractivity contribution in [1.29, 1.82) is 0 Å². The number of aliphatic hydroxyl groups excluding tert-OH is 1. The third-order valence-electron chi connectivity index (χ3n) is 10.3. The van der Waals surface area contributed by atoms with E-state index in [2.05, 4.69) is 44.5 Å². The van der Waals surface area contributed by atoms with Crippen LogP contribution in [0.5, 0.6) is 0 Å². The summed E-state index contributed by atoms with van der Waals surface area (Å²) in [6.07, 6.45) is 3.72. The Balaban J connectivity index is 1.05. The molecule has 254 valence electrons. The number of hydrogen-bond donors (Lipinski definition) is 3. The first kappa shape index (κ1) is 32.9. The molecule has 0 aliphatic carbocycles. The molecule has 3 aliphatic heterocycles. The number of nitrogens with one attached hydrogen (secondary N) is 2. The summed E-state index contributed by atoms with van der Waals surface area (Å²) in [5.74, 6) is -0.0177. The van der Waals surface area contributed by atoms with Gasteiger partial charge in [0.1, 0.15) is 5.54 Å². The lowest BCUT2D eigenvalue weighted by atomic mass is 9.84. The molecule has 4 heterocycles. The largest absolute Gasteiger partial charge is 0.392 e. The highest BCUT2D eigenvalue weighted by atomic mass is 16.7. The number of likely N-dealkylation sites (tertiary alicyclic amines) is 1. The van der Waals surface area contributed by atoms with Gasteiger partial charge in [0, 0.05) is 55.7 Å². The summed E-state index contributed by atoms with van der Waals surface area (Å²) in [4.78, 5) is 34.4. The molecule has 10 nitrogen and oxygen atoms in total. The van der Waals surface area contributed by atoms with Crippen LogP contribution in [0.1, 0.15) is 64.8 Å². The van der Waals surface area contributed by atoms with E-state index in [1.165, 1.54) is 0 Å². The van der Waals surface area contributed by atoms with Crippen LogP contribution in [0.15, 0.2) is 103 Å². The smallest absolute Gasteiger partial charge is 0.253 e. The summed E-state index contributed by atoms with van der Waals surface area (Å²) in [5.41, 5.74) is 4.79. The number of piperidine rings is 1. The van der Waals surface area contributed by atoms with Gasteiger partial charge in [0.05, 0.1) is 31.0 Å². The van der Waals surface area contributed by atoms with Crippen molar-refractivity contribution in [3.05, 3.63) is 131 Å². The second kappa shape index (κ2) is 14.5. The predicted octanol–water partition coefficient (Wildman–Crippen LogP) is 4.72. The average molecular weight is 662 g/mol. The number of benzene rings is 3. The van der Waals surface area contributed by atoms with E-state index in [9.17, 15) is 14.7 Å². The molecule has 3 saturated heterocycles. The fourth-order valence-corrected chi connectivity index (χ4v) is 7.29. The van der Waals surface area contributed by atoms with Crippen molar-refractivity contribution in [2.45, 2.75) is 57.0 Å². The second-order valence-corrected chi connectivity index (χ2v) is 13.2. The van der Waals surface area contributed by atoms with E-state index in [1.54, 1.807) is 24.5 Å². The first-order valence-corrected chi connectivity index (χ1v) is 17.0. The number of pyridine rings is 1. The topological polar surface area (TPSA) is 116 Å². The van der Waals surface area contributed by atoms with Gasteiger partial charge in [-0.3, -0.25) is 14.6 Å². The summed E-state index contributed by atoms with van der Waals surface area (Å²) in [7, 11) is 0. The number of carbonyl (C=O) groups is 2. The second-order valence-electron chi connectivity index (χ2n) is 13.2. The molecule has 1 aromatic heterocycles. The molecule has 0 unspecified atom stereocenters. The zero-order valence-corrected chi connectivity index (χ0v) is 27.7. The minimum Gasteiger partial charge on any atom is -0.392 e. The number of aliphatic hydroxyl groups is 1. The number of ether oxygens (including phenoxy) is 2. The zero-order valence-electron chi connectivity index (χ0n) is 27.7. The maximum Gasteiger partial charge on any atom is 0.253 e. The molecule has 4 atom stereocenters. The molecule has 0 bridgehead atoms. The number of anilines is 1. The van der Waals surface area contributed by atoms with Gasteiger partial charge in [-0.1, -0.05) is 73.7 Å². The molecule has 3 N–H and O–H groups in total. The minimum absolute atomic E-state index is 0.0130. The van der Waals surface area contributed by atoms with Crippen LogP contribution in [0.2, 0.25) is 0 Å². The van der Waals surface area contributed by atoms with Crippen LogP contribution < -0.4 is 15.5 Å². The molecule has 10 heteroatoms. The van der Waals surface area contributed by atoms with Crippen LogP contribution >= 0.6 is 0 Å². The summed E-state index contributed by atoms with van der Waals surface area (Å²) in [6.45, 7) is 5.35. The van der Waals surface area contributed by atoms with E-state index in [4.69, 9.17) is 9.47 Å². The van der Waals surface area contributed by atoms with Crippen LogP contribution in [0, 0.1) is 5.92 Å². The Bertz CT molecular complexity index is 1710. The monoisotopic (exact) mass is 661 g/mol. The lowest BCUT2D eigenvalue weighted by Gasteiger charge is -2.46. The quantitative estimate of drug-likeness (QED) is 0.236. The van der Waals surface area contributed by atoms with Gasteiger partial charge in [0.2, 0.25) is 5.91 Å². The number of aromatic nitrogens is 1. The number of para-hydroxylation sites is 1. The maximum atomic E-state index is 13.2. The zero-order chi connectivity index (χ0) is 33.8. The van der Waals surface area contributed by atoms with Gasteiger partial charge in [0.25, 0.3) is 5.91 Å². The molecule has 3 aliphatic rings. The third-order valence-corrected chi connectivity index (χ3v) is 10.3. The number of amides is 2. The SMILES string of the molecule is C[C@H]1[C@@H](CN2CCC3(CC2)C(=O)NCN3c2ccccc2)O[C@@H](c2ccc(CNC(=O)c3cccnc3)cc2)O[C@H]1c1ccc(CO)cc1. The Hall–Kier alpha value is -4.61. The van der Waals surface area contributed by atoms with E-state index in [-0.39, 0.29) is 36.5 Å². The molecule has 7 rings (SSSR count). The number of nitrogens with zero attached hydrogens (tertiary/aromatic N) is 3. The normalized spacial score (nSPS) is 23.7. The summed E-state index contributed by atoms with van der Waals surface area (Å²) < 4.78 is 13.4. The van der Waals surface area contributed by atoms with Gasteiger partial charge in [-0.25, -0.2) is 0 Å². The Morgan fingerprint density at radius 1 is 0.939 bits per heavy atom. The van der Waals surface area contributed by atoms with Crippen molar-refractivity contribution < 1.29 is 24.2 Å². The average Bonchev–Trinajstić information content (AvgIpc) is 3.47. The van der Waals surface area contributed by atoms with Gasteiger partial charge in [-0.2, -0.15) is 0 Å². The number of carbonyl (C=O) groups excluding carboxylic acids is 2. The Labute approximate surface area is 287 Å². The summed E-state index contributed by atoms with van der Waals surface area (Å²) in [5, 5.41) is 15.7. The van der Waals surface area contributed by atoms with E-state index in [0.717, 1.165) is 53.9 Å². The van der Waals surface area contributed by atoms with Crippen molar-refractivity contribution in [2.24, 2.45) is 5.92 Å². The first-order valence-electron chi connectivity index (χ1n) is 17.0. The lowest BCUT2D eigenvalue weighted by molar-refractivity contribution is -0.276. The fourth-order valence-electron chi connectivity index (χ4n) is 7.29. The van der Waals surface area contributed by atoms with Crippen molar-refractivity contribution in [3.8, 4) is 0 Å². The van der Waals surface area contributed by atoms with E-state index >= 15 is 0 Å². The molecule has 49 heavy (non-hydrogen) atoms.